The van der Waals surface area contributed by atoms with Crippen molar-refractivity contribution in [2.45, 2.75) is 32.7 Å². The first-order valence-electron chi connectivity index (χ1n) is 9.21. The number of para-hydroxylation sites is 2. The molecule has 1 fully saturated rings. The summed E-state index contributed by atoms with van der Waals surface area (Å²) in [6, 6.07) is 8.10. The molecule has 2 rings (SSSR count). The minimum Gasteiger partial charge on any atom is -0.495 e. The Morgan fingerprint density at radius 2 is 1.92 bits per heavy atom. The summed E-state index contributed by atoms with van der Waals surface area (Å²) >= 11 is 0. The van der Waals surface area contributed by atoms with Crippen molar-refractivity contribution in [3.8, 4) is 5.75 Å². The smallest absolute Gasteiger partial charge is 0.193 e. The van der Waals surface area contributed by atoms with Crippen LogP contribution in [0.5, 0.6) is 5.75 Å². The van der Waals surface area contributed by atoms with Crippen LogP contribution in [0.2, 0.25) is 0 Å². The molecule has 0 bridgehead atoms. The Labute approximate surface area is 174 Å². The molecule has 0 saturated carbocycles. The van der Waals surface area contributed by atoms with Gasteiger partial charge < -0.3 is 20.5 Å². The number of rotatable bonds is 8. The van der Waals surface area contributed by atoms with Crippen LogP contribution in [0.1, 0.15) is 26.7 Å². The van der Waals surface area contributed by atoms with Crippen LogP contribution in [0.15, 0.2) is 29.3 Å². The van der Waals surface area contributed by atoms with E-state index in [0.29, 0.717) is 24.5 Å². The molecular formula is C19H33IN4O2. The molecule has 1 aliphatic heterocycles. The van der Waals surface area contributed by atoms with E-state index >= 15 is 0 Å². The lowest BCUT2D eigenvalue weighted by Crippen LogP contribution is -2.48. The van der Waals surface area contributed by atoms with Gasteiger partial charge in [0.05, 0.1) is 32.6 Å². The number of hydrogen-bond donors (Lipinski definition) is 2. The van der Waals surface area contributed by atoms with Crippen molar-refractivity contribution in [3.63, 3.8) is 0 Å². The summed E-state index contributed by atoms with van der Waals surface area (Å²) < 4.78 is 10.8. The molecule has 148 valence electrons. The van der Waals surface area contributed by atoms with Gasteiger partial charge in [-0.15, -0.1) is 24.0 Å². The Bertz CT molecular complexity index is 546. The molecule has 26 heavy (non-hydrogen) atoms. The number of morpholine rings is 1. The van der Waals surface area contributed by atoms with Gasteiger partial charge in [-0.1, -0.05) is 38.8 Å². The molecule has 1 aromatic rings. The van der Waals surface area contributed by atoms with Gasteiger partial charge in [0.25, 0.3) is 0 Å². The fraction of sp³-hybridized carbons (Fsp3) is 0.632. The van der Waals surface area contributed by atoms with E-state index in [4.69, 9.17) is 15.2 Å². The molecule has 1 aromatic carbocycles. The number of ether oxygens (including phenoxy) is 2. The second kappa shape index (κ2) is 12.3. The molecule has 3 N–H and O–H groups in total. The van der Waals surface area contributed by atoms with E-state index in [1.54, 1.807) is 7.11 Å². The van der Waals surface area contributed by atoms with Crippen LogP contribution < -0.4 is 15.8 Å². The van der Waals surface area contributed by atoms with Crippen LogP contribution >= 0.6 is 24.0 Å². The first-order valence-corrected chi connectivity index (χ1v) is 9.21. The highest BCUT2D eigenvalue weighted by atomic mass is 127. The van der Waals surface area contributed by atoms with E-state index < -0.39 is 0 Å². The Hall–Kier alpha value is -1.06. The third-order valence-corrected chi connectivity index (χ3v) is 4.93. The van der Waals surface area contributed by atoms with Crippen molar-refractivity contribution in [2.75, 3.05) is 45.3 Å². The second-order valence-corrected chi connectivity index (χ2v) is 6.34. The summed E-state index contributed by atoms with van der Waals surface area (Å²) in [6.45, 7) is 8.74. The number of anilines is 1. The van der Waals surface area contributed by atoms with Crippen molar-refractivity contribution in [2.24, 2.45) is 16.6 Å². The molecule has 1 heterocycles. The molecule has 0 amide bonds. The van der Waals surface area contributed by atoms with Gasteiger partial charge >= 0.3 is 0 Å². The SMILES string of the molecule is CCC(CC)C(CN=C(N)Nc1ccccc1OC)N1CCOCC1.I. The molecule has 1 atom stereocenters. The molecule has 0 aromatic heterocycles. The zero-order valence-corrected chi connectivity index (χ0v) is 18.4. The number of aliphatic imine (C=N–C) groups is 1. The Kier molecular flexibility index (Phi) is 10.9. The fourth-order valence-corrected chi connectivity index (χ4v) is 3.42. The number of nitrogens with one attached hydrogen (secondary N) is 1. The largest absolute Gasteiger partial charge is 0.495 e. The van der Waals surface area contributed by atoms with E-state index in [9.17, 15) is 0 Å². The molecule has 0 aliphatic carbocycles. The molecule has 1 unspecified atom stereocenters. The number of nitrogens with zero attached hydrogens (tertiary/aromatic N) is 2. The maximum absolute atomic E-state index is 6.13. The topological polar surface area (TPSA) is 72.1 Å². The molecular weight excluding hydrogens is 443 g/mol. The summed E-state index contributed by atoms with van der Waals surface area (Å²) in [5.41, 5.74) is 6.96. The van der Waals surface area contributed by atoms with Gasteiger partial charge in [-0.3, -0.25) is 9.89 Å². The lowest BCUT2D eigenvalue weighted by Gasteiger charge is -2.38. The van der Waals surface area contributed by atoms with Crippen LogP contribution in [0.4, 0.5) is 5.69 Å². The summed E-state index contributed by atoms with van der Waals surface area (Å²) in [4.78, 5) is 7.13. The standard InChI is InChI=1S/C19H32N4O2.HI/c1-4-15(5-2)17(23-10-12-25-13-11-23)14-21-19(20)22-16-8-6-7-9-18(16)24-3;/h6-9,15,17H,4-5,10-14H2,1-3H3,(H3,20,21,22);1H. The molecule has 7 heteroatoms. The summed E-state index contributed by atoms with van der Waals surface area (Å²) in [7, 11) is 1.65. The lowest BCUT2D eigenvalue weighted by atomic mass is 9.92. The summed E-state index contributed by atoms with van der Waals surface area (Å²) in [5.74, 6) is 1.79. The van der Waals surface area contributed by atoms with Crippen molar-refractivity contribution >= 4 is 35.6 Å². The lowest BCUT2D eigenvalue weighted by molar-refractivity contribution is 0.00398. The molecule has 0 spiro atoms. The van der Waals surface area contributed by atoms with Gasteiger partial charge in [0, 0.05) is 19.1 Å². The van der Waals surface area contributed by atoms with Crippen LogP contribution in [0.3, 0.4) is 0 Å². The zero-order chi connectivity index (χ0) is 18.1. The number of hydrogen-bond acceptors (Lipinski definition) is 4. The summed E-state index contributed by atoms with van der Waals surface area (Å²) in [6.07, 6.45) is 2.29. The van der Waals surface area contributed by atoms with E-state index in [2.05, 4.69) is 29.1 Å². The molecule has 0 radical (unpaired) electrons. The normalized spacial score (nSPS) is 16.8. The minimum absolute atomic E-state index is 0. The average molecular weight is 476 g/mol. The van der Waals surface area contributed by atoms with Crippen molar-refractivity contribution in [1.82, 2.24) is 4.90 Å². The van der Waals surface area contributed by atoms with Gasteiger partial charge in [0.1, 0.15) is 5.75 Å². The third kappa shape index (κ3) is 6.59. The third-order valence-electron chi connectivity index (χ3n) is 4.93. The minimum atomic E-state index is 0. The number of benzene rings is 1. The first-order chi connectivity index (χ1) is 12.2. The van der Waals surface area contributed by atoms with Gasteiger partial charge in [0.2, 0.25) is 0 Å². The fourth-order valence-electron chi connectivity index (χ4n) is 3.42. The van der Waals surface area contributed by atoms with Crippen molar-refractivity contribution in [3.05, 3.63) is 24.3 Å². The first kappa shape index (κ1) is 23.0. The van der Waals surface area contributed by atoms with E-state index in [-0.39, 0.29) is 24.0 Å². The maximum atomic E-state index is 6.13. The average Bonchev–Trinajstić information content (AvgIpc) is 2.66. The Balaban J connectivity index is 0.00000338. The van der Waals surface area contributed by atoms with Gasteiger partial charge in [-0.05, 0) is 18.1 Å². The number of guanidine groups is 1. The van der Waals surface area contributed by atoms with Crippen LogP contribution in [-0.4, -0.2) is 56.9 Å². The molecule has 1 saturated heterocycles. The predicted molar refractivity (Wildman–Crippen MR) is 119 cm³/mol. The quantitative estimate of drug-likeness (QED) is 0.343. The number of nitrogens with two attached hydrogens (primary N) is 1. The van der Waals surface area contributed by atoms with Crippen LogP contribution in [-0.2, 0) is 4.74 Å². The van der Waals surface area contributed by atoms with Crippen LogP contribution in [0, 0.1) is 5.92 Å². The zero-order valence-electron chi connectivity index (χ0n) is 16.1. The Morgan fingerprint density at radius 3 is 2.54 bits per heavy atom. The van der Waals surface area contributed by atoms with E-state index in [1.165, 1.54) is 0 Å². The van der Waals surface area contributed by atoms with Crippen molar-refractivity contribution < 1.29 is 9.47 Å². The van der Waals surface area contributed by atoms with Crippen molar-refractivity contribution in [1.29, 1.82) is 0 Å². The van der Waals surface area contributed by atoms with Crippen LogP contribution in [0.25, 0.3) is 0 Å². The highest BCUT2D eigenvalue weighted by molar-refractivity contribution is 14.0. The molecule has 1 aliphatic rings. The number of halogens is 1. The monoisotopic (exact) mass is 476 g/mol. The van der Waals surface area contributed by atoms with Gasteiger partial charge in [-0.25, -0.2) is 0 Å². The highest BCUT2D eigenvalue weighted by Crippen LogP contribution is 2.23. The highest BCUT2D eigenvalue weighted by Gasteiger charge is 2.26. The maximum Gasteiger partial charge on any atom is 0.193 e. The van der Waals surface area contributed by atoms with Gasteiger partial charge in [-0.2, -0.15) is 0 Å². The van der Waals surface area contributed by atoms with Gasteiger partial charge in [0.15, 0.2) is 5.96 Å². The predicted octanol–water partition coefficient (Wildman–Crippen LogP) is 3.18. The van der Waals surface area contributed by atoms with E-state index in [0.717, 1.165) is 50.6 Å². The van der Waals surface area contributed by atoms with E-state index in [1.807, 2.05) is 24.3 Å². The number of methoxy groups -OCH3 is 1. The second-order valence-electron chi connectivity index (χ2n) is 6.34. The Morgan fingerprint density at radius 1 is 1.27 bits per heavy atom. The summed E-state index contributed by atoms with van der Waals surface area (Å²) in [5, 5.41) is 3.15. The molecule has 6 nitrogen and oxygen atoms in total.